The van der Waals surface area contributed by atoms with Crippen molar-refractivity contribution in [2.24, 2.45) is 5.73 Å². The van der Waals surface area contributed by atoms with Gasteiger partial charge in [0.05, 0.1) is 16.3 Å². The summed E-state index contributed by atoms with van der Waals surface area (Å²) in [4.78, 5) is 33.0. The molecule has 0 fully saturated rings. The quantitative estimate of drug-likeness (QED) is 0.660. The third-order valence-electron chi connectivity index (χ3n) is 2.23. The summed E-state index contributed by atoms with van der Waals surface area (Å²) in [6.45, 7) is 1.44. The van der Waals surface area contributed by atoms with Crippen LogP contribution in [0.4, 0.5) is 10.5 Å². The van der Waals surface area contributed by atoms with Gasteiger partial charge in [-0.3, -0.25) is 4.79 Å². The molecule has 1 rings (SSSR count). The SMILES string of the molecule is CC(NC(N)=O)C(=O)Nc1ccc(C(=O)O)cc1Cl. The molecule has 7 nitrogen and oxygen atoms in total. The molecule has 0 aliphatic heterocycles. The lowest BCUT2D eigenvalue weighted by Crippen LogP contribution is -2.44. The van der Waals surface area contributed by atoms with E-state index in [0.717, 1.165) is 0 Å². The van der Waals surface area contributed by atoms with Crippen LogP contribution < -0.4 is 16.4 Å². The lowest BCUT2D eigenvalue weighted by Gasteiger charge is -2.13. The van der Waals surface area contributed by atoms with Crippen LogP contribution in [0.2, 0.25) is 5.02 Å². The lowest BCUT2D eigenvalue weighted by atomic mass is 10.2. The molecule has 0 aromatic heterocycles. The van der Waals surface area contributed by atoms with Gasteiger partial charge in [0, 0.05) is 0 Å². The number of primary amides is 1. The number of urea groups is 1. The van der Waals surface area contributed by atoms with Crippen molar-refractivity contribution in [1.82, 2.24) is 5.32 Å². The van der Waals surface area contributed by atoms with E-state index in [0.29, 0.717) is 0 Å². The number of hydrogen-bond acceptors (Lipinski definition) is 3. The van der Waals surface area contributed by atoms with Crippen LogP contribution in [0.25, 0.3) is 0 Å². The van der Waals surface area contributed by atoms with Gasteiger partial charge in [-0.05, 0) is 25.1 Å². The maximum absolute atomic E-state index is 11.7. The Labute approximate surface area is 113 Å². The zero-order valence-corrected chi connectivity index (χ0v) is 10.7. The molecule has 0 aliphatic carbocycles. The van der Waals surface area contributed by atoms with Crippen molar-refractivity contribution in [2.45, 2.75) is 13.0 Å². The van der Waals surface area contributed by atoms with E-state index >= 15 is 0 Å². The molecule has 3 amide bonds. The van der Waals surface area contributed by atoms with Crippen LogP contribution in [0.3, 0.4) is 0 Å². The van der Waals surface area contributed by atoms with Crippen LogP contribution >= 0.6 is 11.6 Å². The van der Waals surface area contributed by atoms with Crippen LogP contribution in [0.5, 0.6) is 0 Å². The van der Waals surface area contributed by atoms with Crippen molar-refractivity contribution in [2.75, 3.05) is 5.32 Å². The molecule has 1 aromatic rings. The molecule has 0 bridgehead atoms. The monoisotopic (exact) mass is 285 g/mol. The Balaban J connectivity index is 2.80. The number of carboxylic acid groups (broad SMARTS) is 1. The highest BCUT2D eigenvalue weighted by atomic mass is 35.5. The number of amides is 3. The number of hydrogen-bond donors (Lipinski definition) is 4. The average Bonchev–Trinajstić information content (AvgIpc) is 2.30. The minimum absolute atomic E-state index is 0.00584. The maximum Gasteiger partial charge on any atom is 0.335 e. The second-order valence-electron chi connectivity index (χ2n) is 3.72. The normalized spacial score (nSPS) is 11.5. The van der Waals surface area contributed by atoms with E-state index in [1.165, 1.54) is 25.1 Å². The van der Waals surface area contributed by atoms with Crippen LogP contribution in [-0.2, 0) is 4.79 Å². The fraction of sp³-hybridized carbons (Fsp3) is 0.182. The van der Waals surface area contributed by atoms with Gasteiger partial charge in [0.15, 0.2) is 0 Å². The van der Waals surface area contributed by atoms with Crippen LogP contribution in [0.15, 0.2) is 18.2 Å². The standard InChI is InChI=1S/C11H12ClN3O4/c1-5(14-11(13)19)9(16)15-8-3-2-6(10(17)18)4-7(8)12/h2-5H,1H3,(H,15,16)(H,17,18)(H3,13,14,19). The summed E-state index contributed by atoms with van der Waals surface area (Å²) in [6, 6.07) is 2.21. The smallest absolute Gasteiger partial charge is 0.335 e. The second kappa shape index (κ2) is 6.05. The first-order valence-electron chi connectivity index (χ1n) is 5.21. The van der Waals surface area contributed by atoms with Crippen molar-refractivity contribution in [3.63, 3.8) is 0 Å². The number of carbonyl (C=O) groups excluding carboxylic acids is 2. The molecule has 0 heterocycles. The van der Waals surface area contributed by atoms with E-state index in [1.807, 2.05) is 0 Å². The molecule has 1 unspecified atom stereocenters. The van der Waals surface area contributed by atoms with Gasteiger partial charge in [-0.25, -0.2) is 9.59 Å². The molecule has 5 N–H and O–H groups in total. The number of halogens is 1. The molecule has 0 saturated heterocycles. The molecule has 0 aliphatic rings. The number of anilines is 1. The minimum Gasteiger partial charge on any atom is -0.478 e. The van der Waals surface area contributed by atoms with Gasteiger partial charge in [-0.2, -0.15) is 0 Å². The number of nitrogens with one attached hydrogen (secondary N) is 2. The zero-order chi connectivity index (χ0) is 14.6. The summed E-state index contributed by atoms with van der Waals surface area (Å²) in [6.07, 6.45) is 0. The Hall–Kier alpha value is -2.28. The van der Waals surface area contributed by atoms with E-state index in [-0.39, 0.29) is 16.3 Å². The average molecular weight is 286 g/mol. The van der Waals surface area contributed by atoms with Gasteiger partial charge in [0.25, 0.3) is 0 Å². The zero-order valence-electron chi connectivity index (χ0n) is 9.94. The Morgan fingerprint density at radius 2 is 2.00 bits per heavy atom. The van der Waals surface area contributed by atoms with Crippen molar-refractivity contribution in [1.29, 1.82) is 0 Å². The van der Waals surface area contributed by atoms with Crippen LogP contribution in [0.1, 0.15) is 17.3 Å². The van der Waals surface area contributed by atoms with Gasteiger partial charge in [0.1, 0.15) is 6.04 Å². The summed E-state index contributed by atoms with van der Waals surface area (Å²) in [5.74, 6) is -1.65. The van der Waals surface area contributed by atoms with Gasteiger partial charge in [0.2, 0.25) is 5.91 Å². The Morgan fingerprint density at radius 1 is 1.37 bits per heavy atom. The van der Waals surface area contributed by atoms with E-state index < -0.39 is 23.9 Å². The lowest BCUT2D eigenvalue weighted by molar-refractivity contribution is -0.117. The highest BCUT2D eigenvalue weighted by Gasteiger charge is 2.16. The van der Waals surface area contributed by atoms with Crippen LogP contribution in [0, 0.1) is 0 Å². The number of carboxylic acids is 1. The first-order valence-corrected chi connectivity index (χ1v) is 5.58. The van der Waals surface area contributed by atoms with Crippen LogP contribution in [-0.4, -0.2) is 29.1 Å². The molecule has 102 valence electrons. The molecular weight excluding hydrogens is 274 g/mol. The fourth-order valence-corrected chi connectivity index (χ4v) is 1.50. The first-order chi connectivity index (χ1) is 8.81. The predicted molar refractivity (Wildman–Crippen MR) is 69.2 cm³/mol. The molecule has 1 aromatic carbocycles. The topological polar surface area (TPSA) is 122 Å². The highest BCUT2D eigenvalue weighted by molar-refractivity contribution is 6.34. The summed E-state index contributed by atoms with van der Waals surface area (Å²) in [5, 5.41) is 13.5. The number of benzene rings is 1. The molecule has 0 radical (unpaired) electrons. The summed E-state index contributed by atoms with van der Waals surface area (Å²) in [5.41, 5.74) is 5.14. The second-order valence-corrected chi connectivity index (χ2v) is 4.13. The Morgan fingerprint density at radius 3 is 2.47 bits per heavy atom. The first kappa shape index (κ1) is 14.8. The van der Waals surface area contributed by atoms with Gasteiger partial charge in [-0.15, -0.1) is 0 Å². The third kappa shape index (κ3) is 4.14. The van der Waals surface area contributed by atoms with E-state index in [2.05, 4.69) is 10.6 Å². The summed E-state index contributed by atoms with van der Waals surface area (Å²) in [7, 11) is 0. The number of nitrogens with two attached hydrogens (primary N) is 1. The molecule has 8 heteroatoms. The largest absolute Gasteiger partial charge is 0.478 e. The number of carbonyl (C=O) groups is 3. The Kier molecular flexibility index (Phi) is 4.71. The van der Waals surface area contributed by atoms with Crippen molar-refractivity contribution in [3.8, 4) is 0 Å². The molecule has 1 atom stereocenters. The van der Waals surface area contributed by atoms with E-state index in [4.69, 9.17) is 22.4 Å². The Bertz CT molecular complexity index is 533. The molecule has 0 spiro atoms. The molecule has 0 saturated carbocycles. The van der Waals surface area contributed by atoms with E-state index in [9.17, 15) is 14.4 Å². The number of rotatable bonds is 4. The highest BCUT2D eigenvalue weighted by Crippen LogP contribution is 2.23. The summed E-state index contributed by atoms with van der Waals surface area (Å²) < 4.78 is 0. The van der Waals surface area contributed by atoms with Crippen molar-refractivity contribution >= 4 is 35.2 Å². The minimum atomic E-state index is -1.12. The van der Waals surface area contributed by atoms with Gasteiger partial charge in [-0.1, -0.05) is 11.6 Å². The van der Waals surface area contributed by atoms with Crippen molar-refractivity contribution < 1.29 is 19.5 Å². The predicted octanol–water partition coefficient (Wildman–Crippen LogP) is 1.03. The molecular formula is C11H12ClN3O4. The maximum atomic E-state index is 11.7. The molecule has 19 heavy (non-hydrogen) atoms. The van der Waals surface area contributed by atoms with Gasteiger partial charge < -0.3 is 21.5 Å². The van der Waals surface area contributed by atoms with Gasteiger partial charge >= 0.3 is 12.0 Å². The van der Waals surface area contributed by atoms with E-state index in [1.54, 1.807) is 0 Å². The number of aromatic carboxylic acids is 1. The summed E-state index contributed by atoms with van der Waals surface area (Å²) >= 11 is 5.84. The fourth-order valence-electron chi connectivity index (χ4n) is 1.27. The third-order valence-corrected chi connectivity index (χ3v) is 2.54. The van der Waals surface area contributed by atoms with Crippen molar-refractivity contribution in [3.05, 3.63) is 28.8 Å².